The van der Waals surface area contributed by atoms with Crippen molar-refractivity contribution in [1.29, 1.82) is 0 Å². The van der Waals surface area contributed by atoms with Gasteiger partial charge >= 0.3 is 0 Å². The Morgan fingerprint density at radius 2 is 1.94 bits per heavy atom. The van der Waals surface area contributed by atoms with Crippen molar-refractivity contribution in [3.63, 3.8) is 0 Å². The summed E-state index contributed by atoms with van der Waals surface area (Å²) in [5.41, 5.74) is 5.90. The fourth-order valence-electron chi connectivity index (χ4n) is 1.28. The molecule has 0 saturated carbocycles. The number of nitrogens with zero attached hydrogens (tertiary/aromatic N) is 1. The molecule has 90 valence electrons. The van der Waals surface area contributed by atoms with Crippen LogP contribution in [0.5, 0.6) is 0 Å². The molecule has 0 aromatic heterocycles. The van der Waals surface area contributed by atoms with Gasteiger partial charge in [-0.05, 0) is 18.2 Å². The minimum absolute atomic E-state index is 0.245. The summed E-state index contributed by atoms with van der Waals surface area (Å²) in [4.78, 5) is 11.8. The van der Waals surface area contributed by atoms with E-state index >= 15 is 0 Å². The molecule has 0 atom stereocenters. The van der Waals surface area contributed by atoms with E-state index in [-0.39, 0.29) is 5.91 Å². The average molecular weight is 230 g/mol. The van der Waals surface area contributed by atoms with Crippen LogP contribution in [0.25, 0.3) is 0 Å². The largest absolute Gasteiger partial charge is 0.370 e. The fourth-order valence-corrected chi connectivity index (χ4v) is 1.28. The number of hydrogen-bond acceptors (Lipinski definition) is 2. The van der Waals surface area contributed by atoms with E-state index in [1.165, 1.54) is 5.69 Å². The van der Waals surface area contributed by atoms with Gasteiger partial charge in [0, 0.05) is 24.9 Å². The number of amides is 1. The summed E-state index contributed by atoms with van der Waals surface area (Å²) in [6.07, 6.45) is 8.80. The molecule has 0 saturated heterocycles. The predicted octanol–water partition coefficient (Wildman–Crippen LogP) is 2.46. The molecule has 0 unspecified atom stereocenters. The quantitative estimate of drug-likeness (QED) is 0.848. The van der Waals surface area contributed by atoms with Gasteiger partial charge in [-0.15, -0.1) is 0 Å². The van der Waals surface area contributed by atoms with Crippen LogP contribution >= 0.6 is 0 Å². The third kappa shape index (κ3) is 5.02. The monoisotopic (exact) mass is 230 g/mol. The standard InChI is InChI=1S/C11H11N.C3H7NO/c1-3-7-11(8-4-1)12-9-5-2-6-10-12;1-2-3(4)5/h1-9H,10H2;2H2,1H3,(H2,4,5). The maximum Gasteiger partial charge on any atom is 0.217 e. The molecule has 1 amide bonds. The maximum absolute atomic E-state index is 9.59. The van der Waals surface area contributed by atoms with Crippen LogP contribution in [-0.2, 0) is 4.79 Å². The summed E-state index contributed by atoms with van der Waals surface area (Å²) < 4.78 is 0. The third-order valence-electron chi connectivity index (χ3n) is 2.25. The van der Waals surface area contributed by atoms with E-state index in [4.69, 9.17) is 0 Å². The zero-order valence-corrected chi connectivity index (χ0v) is 10.0. The summed E-state index contributed by atoms with van der Waals surface area (Å²) in [6.45, 7) is 2.70. The van der Waals surface area contributed by atoms with Crippen LogP contribution in [0.15, 0.2) is 54.8 Å². The first kappa shape index (κ1) is 13.0. The number of anilines is 1. The zero-order valence-electron chi connectivity index (χ0n) is 10.0. The van der Waals surface area contributed by atoms with Gasteiger partial charge in [-0.2, -0.15) is 0 Å². The highest BCUT2D eigenvalue weighted by Gasteiger charge is 2.00. The average Bonchev–Trinajstić information content (AvgIpc) is 2.41. The molecule has 3 heteroatoms. The van der Waals surface area contributed by atoms with Crippen LogP contribution in [0.1, 0.15) is 13.3 Å². The molecule has 1 heterocycles. The van der Waals surface area contributed by atoms with Crippen LogP contribution in [0.2, 0.25) is 0 Å². The molecule has 0 radical (unpaired) electrons. The van der Waals surface area contributed by atoms with Gasteiger partial charge in [0.1, 0.15) is 0 Å². The van der Waals surface area contributed by atoms with Crippen LogP contribution < -0.4 is 10.6 Å². The molecular formula is C14H18N2O. The van der Waals surface area contributed by atoms with E-state index < -0.39 is 0 Å². The van der Waals surface area contributed by atoms with E-state index in [1.54, 1.807) is 6.92 Å². The van der Waals surface area contributed by atoms with E-state index in [9.17, 15) is 4.79 Å². The summed E-state index contributed by atoms with van der Waals surface area (Å²) in [6, 6.07) is 10.4. The Morgan fingerprint density at radius 3 is 2.41 bits per heavy atom. The first-order valence-corrected chi connectivity index (χ1v) is 5.67. The maximum atomic E-state index is 9.59. The molecule has 3 nitrogen and oxygen atoms in total. The number of carbonyl (C=O) groups excluding carboxylic acids is 1. The predicted molar refractivity (Wildman–Crippen MR) is 71.6 cm³/mol. The zero-order chi connectivity index (χ0) is 12.5. The number of hydrogen-bond donors (Lipinski definition) is 1. The molecule has 17 heavy (non-hydrogen) atoms. The van der Waals surface area contributed by atoms with Crippen LogP contribution in [0.3, 0.4) is 0 Å². The van der Waals surface area contributed by atoms with Crippen molar-refractivity contribution < 1.29 is 4.79 Å². The van der Waals surface area contributed by atoms with Crippen molar-refractivity contribution in [3.05, 3.63) is 54.8 Å². The van der Waals surface area contributed by atoms with Crippen molar-refractivity contribution >= 4 is 11.6 Å². The first-order valence-electron chi connectivity index (χ1n) is 5.67. The lowest BCUT2D eigenvalue weighted by Gasteiger charge is -2.20. The molecule has 1 aromatic carbocycles. The Kier molecular flexibility index (Phi) is 5.58. The van der Waals surface area contributed by atoms with Crippen molar-refractivity contribution in [2.45, 2.75) is 13.3 Å². The fraction of sp³-hybridized carbons (Fsp3) is 0.214. The Balaban J connectivity index is 0.000000249. The van der Waals surface area contributed by atoms with E-state index in [0.29, 0.717) is 6.42 Å². The molecule has 0 spiro atoms. The Morgan fingerprint density at radius 1 is 1.29 bits per heavy atom. The smallest absolute Gasteiger partial charge is 0.217 e. The second-order valence-electron chi connectivity index (χ2n) is 3.58. The van der Waals surface area contributed by atoms with Gasteiger partial charge in [0.05, 0.1) is 0 Å². The normalized spacial score (nSPS) is 12.9. The minimum atomic E-state index is -0.245. The van der Waals surface area contributed by atoms with Crippen molar-refractivity contribution in [2.75, 3.05) is 11.4 Å². The lowest BCUT2D eigenvalue weighted by molar-refractivity contribution is -0.117. The highest BCUT2D eigenvalue weighted by Crippen LogP contribution is 2.14. The lowest BCUT2D eigenvalue weighted by Crippen LogP contribution is -2.16. The van der Waals surface area contributed by atoms with Crippen LogP contribution in [0, 0.1) is 0 Å². The van der Waals surface area contributed by atoms with Crippen molar-refractivity contribution in [1.82, 2.24) is 0 Å². The molecule has 1 aliphatic rings. The molecule has 1 aliphatic heterocycles. The first-order chi connectivity index (χ1) is 8.24. The van der Waals surface area contributed by atoms with E-state index in [2.05, 4.69) is 59.3 Å². The van der Waals surface area contributed by atoms with Gasteiger partial charge in [-0.25, -0.2) is 0 Å². The lowest BCUT2D eigenvalue weighted by atomic mass is 10.2. The summed E-state index contributed by atoms with van der Waals surface area (Å²) in [7, 11) is 0. The van der Waals surface area contributed by atoms with Gasteiger partial charge in [-0.3, -0.25) is 4.79 Å². The molecular weight excluding hydrogens is 212 g/mol. The Bertz CT molecular complexity index is 396. The number of nitrogens with two attached hydrogens (primary N) is 1. The third-order valence-corrected chi connectivity index (χ3v) is 2.25. The van der Waals surface area contributed by atoms with Gasteiger partial charge in [0.25, 0.3) is 0 Å². The highest BCUT2D eigenvalue weighted by molar-refractivity contribution is 5.73. The van der Waals surface area contributed by atoms with Crippen LogP contribution in [-0.4, -0.2) is 12.5 Å². The Labute approximate surface area is 102 Å². The minimum Gasteiger partial charge on any atom is -0.370 e. The number of primary amides is 1. The molecule has 2 N–H and O–H groups in total. The number of carbonyl (C=O) groups is 1. The SMILES string of the molecule is C1=CCN(c2ccccc2)C=C1.CCC(N)=O. The molecule has 2 rings (SSSR count). The second kappa shape index (κ2) is 7.28. The topological polar surface area (TPSA) is 46.3 Å². The number of para-hydroxylation sites is 1. The summed E-state index contributed by atoms with van der Waals surface area (Å²) >= 11 is 0. The van der Waals surface area contributed by atoms with Gasteiger partial charge in [0.2, 0.25) is 5.91 Å². The molecule has 0 fully saturated rings. The summed E-state index contributed by atoms with van der Waals surface area (Å²) in [5.74, 6) is -0.245. The van der Waals surface area contributed by atoms with Gasteiger partial charge in [0.15, 0.2) is 0 Å². The molecule has 0 aliphatic carbocycles. The van der Waals surface area contributed by atoms with Crippen molar-refractivity contribution in [3.8, 4) is 0 Å². The molecule has 1 aromatic rings. The summed E-state index contributed by atoms with van der Waals surface area (Å²) in [5, 5.41) is 0. The second-order valence-corrected chi connectivity index (χ2v) is 3.58. The number of rotatable bonds is 2. The molecule has 0 bridgehead atoms. The van der Waals surface area contributed by atoms with Crippen LogP contribution in [0.4, 0.5) is 5.69 Å². The number of benzene rings is 1. The Hall–Kier alpha value is -2.03. The number of allylic oxidation sites excluding steroid dienone is 2. The van der Waals surface area contributed by atoms with Crippen molar-refractivity contribution in [2.24, 2.45) is 5.73 Å². The highest BCUT2D eigenvalue weighted by atomic mass is 16.1. The van der Waals surface area contributed by atoms with Gasteiger partial charge in [-0.1, -0.05) is 37.3 Å². The van der Waals surface area contributed by atoms with E-state index in [1.807, 2.05) is 6.07 Å². The van der Waals surface area contributed by atoms with E-state index in [0.717, 1.165) is 6.54 Å². The van der Waals surface area contributed by atoms with Gasteiger partial charge < -0.3 is 10.6 Å².